The van der Waals surface area contributed by atoms with E-state index in [9.17, 15) is 13.2 Å². The molecule has 0 spiro atoms. The molecule has 116 valence electrons. The number of esters is 1. The molecule has 2 heterocycles. The fourth-order valence-electron chi connectivity index (χ4n) is 2.60. The normalized spacial score (nSPS) is 22.5. The summed E-state index contributed by atoms with van der Waals surface area (Å²) in [4.78, 5) is 13.6. The summed E-state index contributed by atoms with van der Waals surface area (Å²) in [5.74, 6) is -0.417. The number of nitrogens with zero attached hydrogens (tertiary/aromatic N) is 2. The lowest BCUT2D eigenvalue weighted by molar-refractivity contribution is -0.144. The Kier molecular flexibility index (Phi) is 3.56. The van der Waals surface area contributed by atoms with Gasteiger partial charge < -0.3 is 15.4 Å². The fraction of sp³-hybridized carbons (Fsp3) is 0.667. The molecule has 1 unspecified atom stereocenters. The summed E-state index contributed by atoms with van der Waals surface area (Å²) in [6.45, 7) is 1.05. The van der Waals surface area contributed by atoms with Gasteiger partial charge in [-0.25, -0.2) is 8.42 Å². The highest BCUT2D eigenvalue weighted by molar-refractivity contribution is 7.92. The number of nitrogen functional groups attached to an aromatic ring is 1. The first-order chi connectivity index (χ1) is 9.95. The third kappa shape index (κ3) is 2.48. The van der Waals surface area contributed by atoms with Crippen molar-refractivity contribution in [3.63, 3.8) is 0 Å². The molecule has 21 heavy (non-hydrogen) atoms. The SMILES string of the molecule is COC(=O)C1CCN(c2snc(N)c2S(=O)(=O)C2CC2)C1. The predicted molar refractivity (Wildman–Crippen MR) is 79.1 cm³/mol. The summed E-state index contributed by atoms with van der Waals surface area (Å²) in [5, 5.41) is 0.236. The van der Waals surface area contributed by atoms with Crippen LogP contribution in [0.3, 0.4) is 0 Å². The van der Waals surface area contributed by atoms with Crippen LogP contribution in [0.4, 0.5) is 10.8 Å². The van der Waals surface area contributed by atoms with Crippen molar-refractivity contribution in [1.82, 2.24) is 4.37 Å². The number of sulfone groups is 1. The second-order valence-corrected chi connectivity index (χ2v) is 8.32. The minimum absolute atomic E-state index is 0.0726. The highest BCUT2D eigenvalue weighted by atomic mass is 32.2. The van der Waals surface area contributed by atoms with Crippen LogP contribution in [0.15, 0.2) is 4.90 Å². The van der Waals surface area contributed by atoms with E-state index >= 15 is 0 Å². The predicted octanol–water partition coefficient (Wildman–Crippen LogP) is 0.661. The molecular formula is C12H17N3O4S2. The summed E-state index contributed by atoms with van der Waals surface area (Å²) in [6, 6.07) is 0. The van der Waals surface area contributed by atoms with Gasteiger partial charge >= 0.3 is 5.97 Å². The third-order valence-electron chi connectivity index (χ3n) is 3.92. The second-order valence-electron chi connectivity index (χ2n) is 5.40. The van der Waals surface area contributed by atoms with E-state index in [0.29, 0.717) is 37.4 Å². The first kappa shape index (κ1) is 14.6. The summed E-state index contributed by atoms with van der Waals surface area (Å²) in [6.07, 6.45) is 2.01. The Hall–Kier alpha value is -1.35. The van der Waals surface area contributed by atoms with Gasteiger partial charge in [-0.2, -0.15) is 4.37 Å². The molecular weight excluding hydrogens is 314 g/mol. The molecule has 1 atom stereocenters. The van der Waals surface area contributed by atoms with Crippen molar-refractivity contribution >= 4 is 38.2 Å². The number of anilines is 2. The molecule has 1 aromatic heterocycles. The van der Waals surface area contributed by atoms with Gasteiger partial charge in [0, 0.05) is 13.1 Å². The zero-order valence-corrected chi connectivity index (χ0v) is 13.2. The van der Waals surface area contributed by atoms with Crippen LogP contribution in [0, 0.1) is 5.92 Å². The van der Waals surface area contributed by atoms with Crippen molar-refractivity contribution in [2.45, 2.75) is 29.4 Å². The van der Waals surface area contributed by atoms with Crippen LogP contribution in [-0.4, -0.2) is 44.2 Å². The maximum absolute atomic E-state index is 12.5. The second kappa shape index (κ2) is 5.13. The first-order valence-corrected chi connectivity index (χ1v) is 9.09. The molecule has 3 rings (SSSR count). The van der Waals surface area contributed by atoms with E-state index in [-0.39, 0.29) is 27.9 Å². The lowest BCUT2D eigenvalue weighted by Crippen LogP contribution is -2.24. The van der Waals surface area contributed by atoms with Crippen molar-refractivity contribution in [2.75, 3.05) is 30.8 Å². The van der Waals surface area contributed by atoms with E-state index in [1.54, 1.807) is 0 Å². The van der Waals surface area contributed by atoms with Gasteiger partial charge in [0.05, 0.1) is 18.3 Å². The third-order valence-corrected chi connectivity index (χ3v) is 7.29. The average Bonchev–Trinajstić information content (AvgIpc) is 3.08. The van der Waals surface area contributed by atoms with Gasteiger partial charge in [-0.05, 0) is 30.8 Å². The van der Waals surface area contributed by atoms with Crippen LogP contribution in [0.25, 0.3) is 0 Å². The number of carbonyl (C=O) groups excluding carboxylic acids is 1. The van der Waals surface area contributed by atoms with E-state index in [4.69, 9.17) is 10.5 Å². The highest BCUT2D eigenvalue weighted by Crippen LogP contribution is 2.43. The monoisotopic (exact) mass is 331 g/mol. The standard InChI is InChI=1S/C12H17N3O4S2/c1-19-12(16)7-4-5-15(6-7)11-9(10(13)14-20-11)21(17,18)8-2-3-8/h7-8H,2-6H2,1H3,(H2,13,14). The van der Waals surface area contributed by atoms with Crippen molar-refractivity contribution in [2.24, 2.45) is 5.92 Å². The lowest BCUT2D eigenvalue weighted by Gasteiger charge is -2.17. The van der Waals surface area contributed by atoms with Gasteiger partial charge in [0.15, 0.2) is 15.7 Å². The van der Waals surface area contributed by atoms with E-state index in [0.717, 1.165) is 11.5 Å². The molecule has 0 amide bonds. The number of aromatic nitrogens is 1. The zero-order valence-electron chi connectivity index (χ0n) is 11.6. The molecule has 1 aliphatic carbocycles. The van der Waals surface area contributed by atoms with Gasteiger partial charge in [0.1, 0.15) is 9.90 Å². The number of hydrogen-bond donors (Lipinski definition) is 1. The first-order valence-electron chi connectivity index (χ1n) is 6.77. The van der Waals surface area contributed by atoms with Crippen molar-refractivity contribution < 1.29 is 17.9 Å². The molecule has 2 aliphatic rings. The van der Waals surface area contributed by atoms with Gasteiger partial charge in [-0.3, -0.25) is 4.79 Å². The van der Waals surface area contributed by atoms with Crippen LogP contribution in [0.5, 0.6) is 0 Å². The Labute approximate surface area is 127 Å². The van der Waals surface area contributed by atoms with E-state index < -0.39 is 9.84 Å². The highest BCUT2D eigenvalue weighted by Gasteiger charge is 2.42. The molecule has 2 N–H and O–H groups in total. The molecule has 7 nitrogen and oxygen atoms in total. The number of ether oxygens (including phenoxy) is 1. The Morgan fingerprint density at radius 2 is 2.14 bits per heavy atom. The van der Waals surface area contributed by atoms with Crippen LogP contribution < -0.4 is 10.6 Å². The molecule has 1 aromatic rings. The van der Waals surface area contributed by atoms with Crippen molar-refractivity contribution in [3.05, 3.63) is 0 Å². The molecule has 0 bridgehead atoms. The lowest BCUT2D eigenvalue weighted by atomic mass is 10.1. The Morgan fingerprint density at radius 3 is 2.76 bits per heavy atom. The number of nitrogens with two attached hydrogens (primary N) is 1. The summed E-state index contributed by atoms with van der Waals surface area (Å²) in [5.41, 5.74) is 5.78. The summed E-state index contributed by atoms with van der Waals surface area (Å²) < 4.78 is 33.7. The van der Waals surface area contributed by atoms with Crippen molar-refractivity contribution in [1.29, 1.82) is 0 Å². The number of hydrogen-bond acceptors (Lipinski definition) is 8. The molecule has 1 aliphatic heterocycles. The van der Waals surface area contributed by atoms with Gasteiger partial charge in [-0.1, -0.05) is 0 Å². The van der Waals surface area contributed by atoms with Crippen LogP contribution in [0.2, 0.25) is 0 Å². The van der Waals surface area contributed by atoms with Crippen molar-refractivity contribution in [3.8, 4) is 0 Å². The number of carbonyl (C=O) groups is 1. The smallest absolute Gasteiger partial charge is 0.310 e. The fourth-order valence-corrected chi connectivity index (χ4v) is 5.67. The Balaban J connectivity index is 1.89. The molecule has 1 saturated heterocycles. The van der Waals surface area contributed by atoms with Crippen LogP contribution in [-0.2, 0) is 19.4 Å². The molecule has 0 aromatic carbocycles. The Morgan fingerprint density at radius 1 is 1.43 bits per heavy atom. The maximum atomic E-state index is 12.5. The van der Waals surface area contributed by atoms with E-state index in [1.807, 2.05) is 4.90 Å². The van der Waals surface area contributed by atoms with Gasteiger partial charge in [0.25, 0.3) is 0 Å². The minimum atomic E-state index is -3.40. The van der Waals surface area contributed by atoms with Gasteiger partial charge in [0.2, 0.25) is 0 Å². The topological polar surface area (TPSA) is 103 Å². The Bertz CT molecular complexity index is 666. The summed E-state index contributed by atoms with van der Waals surface area (Å²) >= 11 is 1.09. The average molecular weight is 331 g/mol. The minimum Gasteiger partial charge on any atom is -0.469 e. The molecule has 9 heteroatoms. The maximum Gasteiger partial charge on any atom is 0.310 e. The number of methoxy groups -OCH3 is 1. The molecule has 1 saturated carbocycles. The summed E-state index contributed by atoms with van der Waals surface area (Å²) in [7, 11) is -2.04. The quantitative estimate of drug-likeness (QED) is 0.808. The molecule has 0 radical (unpaired) electrons. The van der Waals surface area contributed by atoms with E-state index in [1.165, 1.54) is 7.11 Å². The molecule has 2 fully saturated rings. The van der Waals surface area contributed by atoms with Crippen LogP contribution >= 0.6 is 11.5 Å². The van der Waals surface area contributed by atoms with E-state index in [2.05, 4.69) is 4.37 Å². The zero-order chi connectivity index (χ0) is 15.2. The van der Waals surface area contributed by atoms with Gasteiger partial charge in [-0.15, -0.1) is 0 Å². The number of rotatable bonds is 4. The largest absolute Gasteiger partial charge is 0.469 e. The van der Waals surface area contributed by atoms with Crippen LogP contribution in [0.1, 0.15) is 19.3 Å².